The molecule has 0 radical (unpaired) electrons. The molecule has 1 aromatic carbocycles. The summed E-state index contributed by atoms with van der Waals surface area (Å²) in [4.78, 5) is 29.0. The summed E-state index contributed by atoms with van der Waals surface area (Å²) >= 11 is 0. The molecular weight excluding hydrogens is 374 g/mol. The van der Waals surface area contributed by atoms with Gasteiger partial charge < -0.3 is 10.2 Å². The van der Waals surface area contributed by atoms with E-state index in [1.54, 1.807) is 12.4 Å². The summed E-state index contributed by atoms with van der Waals surface area (Å²) in [6.45, 7) is 5.51. The molecule has 3 aromatic rings. The van der Waals surface area contributed by atoms with E-state index in [2.05, 4.69) is 46.2 Å². The summed E-state index contributed by atoms with van der Waals surface area (Å²) in [6.07, 6.45) is 6.79. The highest BCUT2D eigenvalue weighted by Crippen LogP contribution is 2.28. The minimum Gasteiger partial charge on any atom is -0.353 e. The molecule has 6 heteroatoms. The smallest absolute Gasteiger partial charge is 0.256 e. The molecule has 6 nitrogen and oxygen atoms in total. The van der Waals surface area contributed by atoms with Crippen LogP contribution in [0.5, 0.6) is 0 Å². The van der Waals surface area contributed by atoms with Crippen molar-refractivity contribution < 1.29 is 4.79 Å². The van der Waals surface area contributed by atoms with Crippen LogP contribution in [0.4, 0.5) is 5.82 Å². The van der Waals surface area contributed by atoms with Crippen LogP contribution < -0.4 is 10.2 Å². The van der Waals surface area contributed by atoms with Gasteiger partial charge in [-0.1, -0.05) is 29.8 Å². The van der Waals surface area contributed by atoms with Crippen molar-refractivity contribution in [2.24, 2.45) is 0 Å². The third-order valence-corrected chi connectivity index (χ3v) is 5.52. The van der Waals surface area contributed by atoms with Crippen LogP contribution in [0, 0.1) is 6.92 Å². The Hall–Kier alpha value is -3.28. The SMILES string of the molecule is Cc1cccc(-c2ncc(C(=O)NCc3ccccn3)c(N3CCCC[C@@H]3C)n2)c1. The number of aromatic nitrogens is 3. The Morgan fingerprint density at radius 3 is 2.83 bits per heavy atom. The first-order chi connectivity index (χ1) is 14.6. The summed E-state index contributed by atoms with van der Waals surface area (Å²) in [6, 6.07) is 14.1. The second-order valence-electron chi connectivity index (χ2n) is 7.84. The normalized spacial score (nSPS) is 16.3. The van der Waals surface area contributed by atoms with Crippen LogP contribution in [0.2, 0.25) is 0 Å². The van der Waals surface area contributed by atoms with Gasteiger partial charge in [-0.05, 0) is 51.3 Å². The van der Waals surface area contributed by atoms with E-state index < -0.39 is 0 Å². The van der Waals surface area contributed by atoms with Gasteiger partial charge in [0.1, 0.15) is 11.4 Å². The Kier molecular flexibility index (Phi) is 6.02. The predicted molar refractivity (Wildman–Crippen MR) is 118 cm³/mol. The van der Waals surface area contributed by atoms with Crippen LogP contribution in [-0.2, 0) is 6.54 Å². The number of anilines is 1. The molecule has 30 heavy (non-hydrogen) atoms. The van der Waals surface area contributed by atoms with Crippen LogP contribution >= 0.6 is 0 Å². The van der Waals surface area contributed by atoms with Gasteiger partial charge in [0, 0.05) is 30.5 Å². The molecule has 0 aliphatic carbocycles. The van der Waals surface area contributed by atoms with E-state index in [0.29, 0.717) is 29.8 Å². The molecule has 1 aliphatic heterocycles. The molecule has 0 saturated carbocycles. The topological polar surface area (TPSA) is 71.0 Å². The van der Waals surface area contributed by atoms with Crippen molar-refractivity contribution in [3.63, 3.8) is 0 Å². The number of rotatable bonds is 5. The number of carbonyl (C=O) groups excluding carboxylic acids is 1. The lowest BCUT2D eigenvalue weighted by Gasteiger charge is -2.35. The average Bonchev–Trinajstić information content (AvgIpc) is 2.78. The maximum Gasteiger partial charge on any atom is 0.256 e. The fourth-order valence-corrected chi connectivity index (χ4v) is 3.86. The quantitative estimate of drug-likeness (QED) is 0.695. The van der Waals surface area contributed by atoms with Gasteiger partial charge in [0.15, 0.2) is 5.82 Å². The molecule has 154 valence electrons. The summed E-state index contributed by atoms with van der Waals surface area (Å²) < 4.78 is 0. The Balaban J connectivity index is 1.67. The fraction of sp³-hybridized carbons (Fsp3) is 0.333. The van der Waals surface area contributed by atoms with Gasteiger partial charge in [0.2, 0.25) is 0 Å². The lowest BCUT2D eigenvalue weighted by Crippen LogP contribution is -2.40. The van der Waals surface area contributed by atoms with Crippen molar-refractivity contribution >= 4 is 11.7 Å². The first-order valence-electron chi connectivity index (χ1n) is 10.5. The average molecular weight is 402 g/mol. The second-order valence-corrected chi connectivity index (χ2v) is 7.84. The zero-order valence-electron chi connectivity index (χ0n) is 17.5. The minimum absolute atomic E-state index is 0.177. The number of amides is 1. The molecule has 0 unspecified atom stereocenters. The Morgan fingerprint density at radius 2 is 2.07 bits per heavy atom. The van der Waals surface area contributed by atoms with Gasteiger partial charge in [-0.2, -0.15) is 0 Å². The maximum atomic E-state index is 13.0. The van der Waals surface area contributed by atoms with Crippen LogP contribution in [-0.4, -0.2) is 33.4 Å². The molecule has 3 heterocycles. The number of carbonyl (C=O) groups is 1. The molecule has 1 amide bonds. The zero-order valence-corrected chi connectivity index (χ0v) is 17.5. The monoisotopic (exact) mass is 401 g/mol. The molecule has 1 N–H and O–H groups in total. The van der Waals surface area contributed by atoms with E-state index in [1.165, 1.54) is 6.42 Å². The van der Waals surface area contributed by atoms with E-state index in [0.717, 1.165) is 36.2 Å². The maximum absolute atomic E-state index is 13.0. The first kappa shape index (κ1) is 20.0. The van der Waals surface area contributed by atoms with Gasteiger partial charge in [0.25, 0.3) is 5.91 Å². The van der Waals surface area contributed by atoms with Crippen molar-refractivity contribution in [3.8, 4) is 11.4 Å². The molecule has 4 rings (SSSR count). The minimum atomic E-state index is -0.177. The van der Waals surface area contributed by atoms with E-state index >= 15 is 0 Å². The molecular formula is C24H27N5O. The lowest BCUT2D eigenvalue weighted by molar-refractivity contribution is 0.0950. The zero-order chi connectivity index (χ0) is 20.9. The number of piperidine rings is 1. The van der Waals surface area contributed by atoms with Gasteiger partial charge in [-0.15, -0.1) is 0 Å². The highest BCUT2D eigenvalue weighted by Gasteiger charge is 2.26. The van der Waals surface area contributed by atoms with Crippen LogP contribution in [0.1, 0.15) is 47.8 Å². The molecule has 2 aromatic heterocycles. The summed E-state index contributed by atoms with van der Waals surface area (Å²) in [5, 5.41) is 2.97. The van der Waals surface area contributed by atoms with Crippen LogP contribution in [0.25, 0.3) is 11.4 Å². The number of nitrogens with one attached hydrogen (secondary N) is 1. The number of pyridine rings is 1. The lowest BCUT2D eigenvalue weighted by atomic mass is 10.0. The fourth-order valence-electron chi connectivity index (χ4n) is 3.86. The van der Waals surface area contributed by atoms with E-state index in [-0.39, 0.29) is 5.91 Å². The molecule has 1 saturated heterocycles. The van der Waals surface area contributed by atoms with Crippen molar-refractivity contribution in [1.29, 1.82) is 0 Å². The molecule has 1 fully saturated rings. The summed E-state index contributed by atoms with van der Waals surface area (Å²) in [5.74, 6) is 1.18. The number of nitrogens with zero attached hydrogens (tertiary/aromatic N) is 4. The van der Waals surface area contributed by atoms with Crippen LogP contribution in [0.3, 0.4) is 0 Å². The summed E-state index contributed by atoms with van der Waals surface area (Å²) in [5.41, 5.74) is 3.44. The second kappa shape index (κ2) is 9.03. The highest BCUT2D eigenvalue weighted by atomic mass is 16.1. The highest BCUT2D eigenvalue weighted by molar-refractivity contribution is 5.99. The molecule has 1 atom stereocenters. The van der Waals surface area contributed by atoms with Gasteiger partial charge in [-0.25, -0.2) is 9.97 Å². The van der Waals surface area contributed by atoms with Gasteiger partial charge in [0.05, 0.1) is 12.2 Å². The van der Waals surface area contributed by atoms with Crippen molar-refractivity contribution in [1.82, 2.24) is 20.3 Å². The number of benzene rings is 1. The predicted octanol–water partition coefficient (Wildman–Crippen LogP) is 4.16. The number of aryl methyl sites for hydroxylation is 1. The summed E-state index contributed by atoms with van der Waals surface area (Å²) in [7, 11) is 0. The van der Waals surface area contributed by atoms with Crippen LogP contribution in [0.15, 0.2) is 54.9 Å². The van der Waals surface area contributed by atoms with E-state index in [9.17, 15) is 4.79 Å². The van der Waals surface area contributed by atoms with Crippen molar-refractivity contribution in [2.75, 3.05) is 11.4 Å². The third-order valence-electron chi connectivity index (χ3n) is 5.52. The Morgan fingerprint density at radius 1 is 1.17 bits per heavy atom. The van der Waals surface area contributed by atoms with Crippen molar-refractivity contribution in [2.45, 2.75) is 45.7 Å². The van der Waals surface area contributed by atoms with E-state index in [4.69, 9.17) is 4.98 Å². The molecule has 0 bridgehead atoms. The van der Waals surface area contributed by atoms with Crippen molar-refractivity contribution in [3.05, 3.63) is 71.7 Å². The third kappa shape index (κ3) is 4.48. The molecule has 0 spiro atoms. The largest absolute Gasteiger partial charge is 0.353 e. The Labute approximate surface area is 177 Å². The Bertz CT molecular complexity index is 1020. The number of hydrogen-bond donors (Lipinski definition) is 1. The molecule has 1 aliphatic rings. The van der Waals surface area contributed by atoms with Gasteiger partial charge in [-0.3, -0.25) is 9.78 Å². The number of hydrogen-bond acceptors (Lipinski definition) is 5. The van der Waals surface area contributed by atoms with Gasteiger partial charge >= 0.3 is 0 Å². The van der Waals surface area contributed by atoms with E-state index in [1.807, 2.05) is 30.3 Å². The standard InChI is InChI=1S/C24H27N5O/c1-17-8-7-10-19(14-17)22-26-16-21(23(28-22)29-13-6-4-9-18(29)2)24(30)27-15-20-11-3-5-12-25-20/h3,5,7-8,10-12,14,16,18H,4,6,9,13,15H2,1-2H3,(H,27,30)/t18-/m0/s1. The first-order valence-corrected chi connectivity index (χ1v) is 10.5.